The van der Waals surface area contributed by atoms with Crippen LogP contribution in [0.4, 0.5) is 0 Å². The van der Waals surface area contributed by atoms with Gasteiger partial charge in [0.25, 0.3) is 0 Å². The molecule has 1 aliphatic rings. The summed E-state index contributed by atoms with van der Waals surface area (Å²) in [6, 6.07) is 0. The zero-order chi connectivity index (χ0) is 8.39. The molecule has 4 heteroatoms. The van der Waals surface area contributed by atoms with Gasteiger partial charge in [-0.1, -0.05) is 0 Å². The fraction of sp³-hybridized carbons (Fsp3) is 0.750. The van der Waals surface area contributed by atoms with Crippen LogP contribution in [-0.4, -0.2) is 21.3 Å². The van der Waals surface area contributed by atoms with Gasteiger partial charge in [-0.15, -0.1) is 10.2 Å². The molecule has 0 saturated heterocycles. The Hall–Kier alpha value is -0.900. The van der Waals surface area contributed by atoms with Crippen molar-refractivity contribution in [3.8, 4) is 0 Å². The average Bonchev–Trinajstić information content (AvgIpc) is 2.51. The van der Waals surface area contributed by atoms with Crippen LogP contribution in [0.25, 0.3) is 0 Å². The molecule has 0 aromatic carbocycles. The number of hydrogen-bond acceptors (Lipinski definition) is 3. The number of fused-ring (bicyclic) bond motifs is 1. The summed E-state index contributed by atoms with van der Waals surface area (Å²) in [7, 11) is 0. The van der Waals surface area contributed by atoms with Gasteiger partial charge in [0.2, 0.25) is 0 Å². The SMILES string of the molecule is NCCC1CCc2nncn2C1. The highest BCUT2D eigenvalue weighted by Crippen LogP contribution is 2.19. The van der Waals surface area contributed by atoms with Crippen molar-refractivity contribution in [2.45, 2.75) is 25.8 Å². The summed E-state index contributed by atoms with van der Waals surface area (Å²) < 4.78 is 2.14. The van der Waals surface area contributed by atoms with Crippen LogP contribution in [0.5, 0.6) is 0 Å². The van der Waals surface area contributed by atoms with Gasteiger partial charge in [0.15, 0.2) is 0 Å². The first kappa shape index (κ1) is 7.73. The Morgan fingerprint density at radius 1 is 1.67 bits per heavy atom. The molecular formula is C8H14N4. The van der Waals surface area contributed by atoms with E-state index in [0.29, 0.717) is 0 Å². The maximum Gasteiger partial charge on any atom is 0.132 e. The number of nitrogens with two attached hydrogens (primary N) is 1. The van der Waals surface area contributed by atoms with Gasteiger partial charge >= 0.3 is 0 Å². The normalized spacial score (nSPS) is 22.2. The fourth-order valence-corrected chi connectivity index (χ4v) is 1.80. The Labute approximate surface area is 71.8 Å². The van der Waals surface area contributed by atoms with Gasteiger partial charge in [0, 0.05) is 13.0 Å². The molecule has 12 heavy (non-hydrogen) atoms. The smallest absolute Gasteiger partial charge is 0.132 e. The van der Waals surface area contributed by atoms with Crippen LogP contribution in [0.1, 0.15) is 18.7 Å². The second kappa shape index (κ2) is 3.23. The van der Waals surface area contributed by atoms with Crippen LogP contribution >= 0.6 is 0 Å². The second-order valence-corrected chi connectivity index (χ2v) is 3.38. The van der Waals surface area contributed by atoms with Gasteiger partial charge in [-0.25, -0.2) is 0 Å². The molecule has 0 amide bonds. The minimum Gasteiger partial charge on any atom is -0.330 e. The van der Waals surface area contributed by atoms with Crippen molar-refractivity contribution in [1.29, 1.82) is 0 Å². The van der Waals surface area contributed by atoms with Crippen molar-refractivity contribution in [1.82, 2.24) is 14.8 Å². The molecule has 2 N–H and O–H groups in total. The van der Waals surface area contributed by atoms with E-state index >= 15 is 0 Å². The minimum atomic E-state index is 0.735. The Morgan fingerprint density at radius 3 is 3.42 bits per heavy atom. The van der Waals surface area contributed by atoms with Crippen LogP contribution in [0, 0.1) is 5.92 Å². The fourth-order valence-electron chi connectivity index (χ4n) is 1.80. The lowest BCUT2D eigenvalue weighted by atomic mass is 9.96. The summed E-state index contributed by atoms with van der Waals surface area (Å²) in [5, 5.41) is 7.91. The van der Waals surface area contributed by atoms with E-state index in [0.717, 1.165) is 37.7 Å². The van der Waals surface area contributed by atoms with E-state index in [1.165, 1.54) is 6.42 Å². The molecule has 0 radical (unpaired) electrons. The third-order valence-corrected chi connectivity index (χ3v) is 2.50. The zero-order valence-corrected chi connectivity index (χ0v) is 7.11. The quantitative estimate of drug-likeness (QED) is 0.682. The topological polar surface area (TPSA) is 56.7 Å². The van der Waals surface area contributed by atoms with E-state index in [1.54, 1.807) is 0 Å². The number of aromatic nitrogens is 3. The lowest BCUT2D eigenvalue weighted by Crippen LogP contribution is -2.22. The number of aryl methyl sites for hydroxylation is 1. The minimum absolute atomic E-state index is 0.735. The molecule has 1 atom stereocenters. The highest BCUT2D eigenvalue weighted by atomic mass is 15.3. The molecule has 1 unspecified atom stereocenters. The predicted molar refractivity (Wildman–Crippen MR) is 45.5 cm³/mol. The highest BCUT2D eigenvalue weighted by Gasteiger charge is 2.18. The number of nitrogens with zero attached hydrogens (tertiary/aromatic N) is 3. The maximum atomic E-state index is 5.51. The monoisotopic (exact) mass is 166 g/mol. The molecule has 1 aromatic rings. The highest BCUT2D eigenvalue weighted by molar-refractivity contribution is 4.91. The van der Waals surface area contributed by atoms with Crippen molar-refractivity contribution in [3.63, 3.8) is 0 Å². The summed E-state index contributed by atoms with van der Waals surface area (Å²) in [6.07, 6.45) is 5.22. The average molecular weight is 166 g/mol. The first-order chi connectivity index (χ1) is 5.90. The van der Waals surface area contributed by atoms with Crippen molar-refractivity contribution in [3.05, 3.63) is 12.2 Å². The van der Waals surface area contributed by atoms with Gasteiger partial charge < -0.3 is 10.3 Å². The molecule has 0 saturated carbocycles. The van der Waals surface area contributed by atoms with Crippen LogP contribution in [0.15, 0.2) is 6.33 Å². The molecular weight excluding hydrogens is 152 g/mol. The molecule has 0 bridgehead atoms. The van der Waals surface area contributed by atoms with Crippen LogP contribution < -0.4 is 5.73 Å². The van der Waals surface area contributed by atoms with Gasteiger partial charge in [-0.05, 0) is 25.3 Å². The Kier molecular flexibility index (Phi) is 2.08. The number of hydrogen-bond donors (Lipinski definition) is 1. The van der Waals surface area contributed by atoms with E-state index < -0.39 is 0 Å². The van der Waals surface area contributed by atoms with Crippen LogP contribution in [0.3, 0.4) is 0 Å². The third kappa shape index (κ3) is 1.34. The Morgan fingerprint density at radius 2 is 2.58 bits per heavy atom. The summed E-state index contributed by atoms with van der Waals surface area (Å²) in [4.78, 5) is 0. The summed E-state index contributed by atoms with van der Waals surface area (Å²) in [5.41, 5.74) is 5.51. The van der Waals surface area contributed by atoms with E-state index in [9.17, 15) is 0 Å². The van der Waals surface area contributed by atoms with Crippen molar-refractivity contribution in [2.24, 2.45) is 11.7 Å². The summed E-state index contributed by atoms with van der Waals surface area (Å²) >= 11 is 0. The zero-order valence-electron chi connectivity index (χ0n) is 7.11. The third-order valence-electron chi connectivity index (χ3n) is 2.50. The molecule has 2 rings (SSSR count). The molecule has 4 nitrogen and oxygen atoms in total. The van der Waals surface area contributed by atoms with E-state index in [4.69, 9.17) is 5.73 Å². The first-order valence-corrected chi connectivity index (χ1v) is 4.47. The van der Waals surface area contributed by atoms with E-state index in [-0.39, 0.29) is 0 Å². The molecule has 1 aromatic heterocycles. The van der Waals surface area contributed by atoms with Gasteiger partial charge in [0.05, 0.1) is 0 Å². The van der Waals surface area contributed by atoms with Gasteiger partial charge in [-0.3, -0.25) is 0 Å². The standard InChI is InChI=1S/C8H14N4/c9-4-3-7-1-2-8-11-10-6-12(8)5-7/h6-7H,1-5,9H2. The lowest BCUT2D eigenvalue weighted by molar-refractivity contribution is 0.349. The van der Waals surface area contributed by atoms with Crippen LogP contribution in [-0.2, 0) is 13.0 Å². The predicted octanol–water partition coefficient (Wildman–Crippen LogP) is 0.189. The Bertz CT molecular complexity index is 255. The second-order valence-electron chi connectivity index (χ2n) is 3.38. The van der Waals surface area contributed by atoms with Crippen molar-refractivity contribution >= 4 is 0 Å². The van der Waals surface area contributed by atoms with Gasteiger partial charge in [0.1, 0.15) is 12.2 Å². The largest absolute Gasteiger partial charge is 0.330 e. The van der Waals surface area contributed by atoms with Crippen LogP contribution in [0.2, 0.25) is 0 Å². The molecule has 0 spiro atoms. The van der Waals surface area contributed by atoms with Gasteiger partial charge in [-0.2, -0.15) is 0 Å². The van der Waals surface area contributed by atoms with Crippen molar-refractivity contribution in [2.75, 3.05) is 6.54 Å². The number of rotatable bonds is 2. The Balaban J connectivity index is 2.05. The molecule has 2 heterocycles. The summed E-state index contributed by atoms with van der Waals surface area (Å²) in [5.74, 6) is 1.86. The maximum absolute atomic E-state index is 5.51. The molecule has 66 valence electrons. The lowest BCUT2D eigenvalue weighted by Gasteiger charge is -2.22. The first-order valence-electron chi connectivity index (χ1n) is 4.47. The molecule has 0 aliphatic carbocycles. The molecule has 0 fully saturated rings. The summed E-state index contributed by atoms with van der Waals surface area (Å²) in [6.45, 7) is 1.85. The van der Waals surface area contributed by atoms with E-state index in [2.05, 4.69) is 14.8 Å². The van der Waals surface area contributed by atoms with Crippen molar-refractivity contribution < 1.29 is 0 Å². The molecule has 1 aliphatic heterocycles. The van der Waals surface area contributed by atoms with E-state index in [1.807, 2.05) is 6.33 Å².